The number of carbonyl (C=O) groups excluding carboxylic acids is 1. The van der Waals surface area contributed by atoms with E-state index >= 15 is 0 Å². The molecule has 1 radical (unpaired) electrons. The van der Waals surface area contributed by atoms with Crippen molar-refractivity contribution < 1.29 is 9.53 Å². The summed E-state index contributed by atoms with van der Waals surface area (Å²) in [5, 5.41) is 2.73. The lowest BCUT2D eigenvalue weighted by molar-refractivity contribution is 0.0636. The molecule has 0 aliphatic carbocycles. The van der Waals surface area contributed by atoms with E-state index in [0.717, 1.165) is 16.7 Å². The average Bonchev–Trinajstić information content (AvgIpc) is 2.40. The summed E-state index contributed by atoms with van der Waals surface area (Å²) >= 11 is 0. The summed E-state index contributed by atoms with van der Waals surface area (Å²) in [5.41, 5.74) is 2.87. The van der Waals surface area contributed by atoms with E-state index in [1.54, 1.807) is 6.20 Å². The summed E-state index contributed by atoms with van der Waals surface area (Å²) in [5.74, 6) is 0. The lowest BCUT2D eigenvalue weighted by atomic mass is 10.0. The van der Waals surface area contributed by atoms with Gasteiger partial charge in [0.15, 0.2) is 0 Å². The van der Waals surface area contributed by atoms with Gasteiger partial charge in [-0.15, -0.1) is 0 Å². The number of hydrogen-bond acceptors (Lipinski definition) is 3. The first kappa shape index (κ1) is 15.0. The van der Waals surface area contributed by atoms with E-state index in [1.807, 2.05) is 58.0 Å². The van der Waals surface area contributed by atoms with Crippen LogP contribution in [0.3, 0.4) is 0 Å². The molecule has 0 atom stereocenters. The van der Waals surface area contributed by atoms with Gasteiger partial charge in [0.2, 0.25) is 0 Å². The maximum Gasteiger partial charge on any atom is 0.412 e. The van der Waals surface area contributed by atoms with E-state index in [0.29, 0.717) is 5.69 Å². The van der Waals surface area contributed by atoms with Crippen molar-refractivity contribution in [3.05, 3.63) is 48.3 Å². The van der Waals surface area contributed by atoms with Crippen LogP contribution in [0.5, 0.6) is 0 Å². The molecule has 0 saturated carbocycles. The smallest absolute Gasteiger partial charge is 0.412 e. The van der Waals surface area contributed by atoms with Gasteiger partial charge in [-0.3, -0.25) is 10.3 Å². The first-order chi connectivity index (χ1) is 9.87. The van der Waals surface area contributed by atoms with Gasteiger partial charge in [0.05, 0.1) is 18.1 Å². The molecule has 0 spiro atoms. The molecule has 0 aliphatic heterocycles. The number of aromatic nitrogens is 1. The zero-order valence-corrected chi connectivity index (χ0v) is 12.7. The van der Waals surface area contributed by atoms with Gasteiger partial charge in [0.25, 0.3) is 0 Å². The predicted molar refractivity (Wildman–Crippen MR) is 83.1 cm³/mol. The molecule has 1 heterocycles. The minimum absolute atomic E-state index is 0.488. The number of nitrogens with one attached hydrogen (secondary N) is 1. The Hall–Kier alpha value is -2.36. The van der Waals surface area contributed by atoms with E-state index in [9.17, 15) is 4.79 Å². The largest absolute Gasteiger partial charge is 0.444 e. The van der Waals surface area contributed by atoms with E-state index in [-0.39, 0.29) is 0 Å². The van der Waals surface area contributed by atoms with Gasteiger partial charge in [0, 0.05) is 5.56 Å². The fraction of sp³-hybridized carbons (Fsp3) is 0.294. The number of pyridine rings is 1. The SMILES string of the molecule is Cc1c(-c2ccccc2)[c]ncc1NC(=O)OC(C)(C)C. The molecular weight excluding hydrogens is 264 g/mol. The second kappa shape index (κ2) is 5.95. The quantitative estimate of drug-likeness (QED) is 0.898. The zero-order chi connectivity index (χ0) is 15.5. The van der Waals surface area contributed by atoms with Crippen molar-refractivity contribution in [1.29, 1.82) is 0 Å². The molecule has 1 N–H and O–H groups in total. The van der Waals surface area contributed by atoms with Gasteiger partial charge in [-0.2, -0.15) is 0 Å². The topological polar surface area (TPSA) is 51.2 Å². The average molecular weight is 283 g/mol. The molecule has 0 unspecified atom stereocenters. The number of hydrogen-bond donors (Lipinski definition) is 1. The Morgan fingerprint density at radius 2 is 1.90 bits per heavy atom. The van der Waals surface area contributed by atoms with Gasteiger partial charge < -0.3 is 4.74 Å². The van der Waals surface area contributed by atoms with Crippen LogP contribution in [0, 0.1) is 13.1 Å². The molecule has 1 aromatic heterocycles. The van der Waals surface area contributed by atoms with E-state index < -0.39 is 11.7 Å². The van der Waals surface area contributed by atoms with E-state index in [1.165, 1.54) is 0 Å². The Labute approximate surface area is 125 Å². The van der Waals surface area contributed by atoms with Crippen molar-refractivity contribution in [3.63, 3.8) is 0 Å². The standard InChI is InChI=1S/C17H19N2O2/c1-12-14(13-8-6-5-7-9-13)10-18-11-15(12)19-16(20)21-17(2,3)4/h5-9,11H,1-4H3,(H,19,20). The molecule has 1 amide bonds. The van der Waals surface area contributed by atoms with Crippen molar-refractivity contribution in [3.8, 4) is 11.1 Å². The molecular formula is C17H19N2O2. The third-order valence-corrected chi connectivity index (χ3v) is 2.85. The van der Waals surface area contributed by atoms with Crippen molar-refractivity contribution in [2.45, 2.75) is 33.3 Å². The van der Waals surface area contributed by atoms with Crippen LogP contribution in [-0.2, 0) is 4.74 Å². The van der Waals surface area contributed by atoms with Crippen LogP contribution in [0.25, 0.3) is 11.1 Å². The lowest BCUT2D eigenvalue weighted by Crippen LogP contribution is -2.27. The van der Waals surface area contributed by atoms with Crippen molar-refractivity contribution in [2.75, 3.05) is 5.32 Å². The Morgan fingerprint density at radius 1 is 1.24 bits per heavy atom. The third kappa shape index (κ3) is 4.05. The molecule has 4 heteroatoms. The summed E-state index contributed by atoms with van der Waals surface area (Å²) in [7, 11) is 0. The normalized spacial score (nSPS) is 11.0. The van der Waals surface area contributed by atoms with Crippen molar-refractivity contribution in [1.82, 2.24) is 4.98 Å². The number of nitrogens with zero attached hydrogens (tertiary/aromatic N) is 1. The number of carbonyl (C=O) groups is 1. The maximum absolute atomic E-state index is 11.9. The Balaban J connectivity index is 2.25. The molecule has 21 heavy (non-hydrogen) atoms. The van der Waals surface area contributed by atoms with Gasteiger partial charge in [-0.1, -0.05) is 30.3 Å². The fourth-order valence-electron chi connectivity index (χ4n) is 1.90. The Bertz CT molecular complexity index is 631. The lowest BCUT2D eigenvalue weighted by Gasteiger charge is -2.20. The predicted octanol–water partition coefficient (Wildman–Crippen LogP) is 4.20. The minimum Gasteiger partial charge on any atom is -0.444 e. The minimum atomic E-state index is -0.533. The first-order valence-corrected chi connectivity index (χ1v) is 6.79. The molecule has 1 aromatic carbocycles. The first-order valence-electron chi connectivity index (χ1n) is 6.79. The second-order valence-electron chi connectivity index (χ2n) is 5.78. The van der Waals surface area contributed by atoms with Crippen LogP contribution in [0.15, 0.2) is 36.5 Å². The molecule has 0 bridgehead atoms. The number of amides is 1. The highest BCUT2D eigenvalue weighted by atomic mass is 16.6. The fourth-order valence-corrected chi connectivity index (χ4v) is 1.90. The second-order valence-corrected chi connectivity index (χ2v) is 5.78. The molecule has 4 nitrogen and oxygen atoms in total. The maximum atomic E-state index is 11.9. The van der Waals surface area contributed by atoms with Crippen LogP contribution in [0.4, 0.5) is 10.5 Å². The highest BCUT2D eigenvalue weighted by molar-refractivity contribution is 5.87. The van der Waals surface area contributed by atoms with Crippen molar-refractivity contribution >= 4 is 11.8 Å². The number of benzene rings is 1. The van der Waals surface area contributed by atoms with Crippen molar-refractivity contribution in [2.24, 2.45) is 0 Å². The Kier molecular flexibility index (Phi) is 4.26. The van der Waals surface area contributed by atoms with Crippen LogP contribution < -0.4 is 5.32 Å². The van der Waals surface area contributed by atoms with Crippen LogP contribution >= 0.6 is 0 Å². The molecule has 0 saturated heterocycles. The monoisotopic (exact) mass is 283 g/mol. The van der Waals surface area contributed by atoms with Gasteiger partial charge in [-0.05, 0) is 38.8 Å². The molecule has 2 rings (SSSR count). The Morgan fingerprint density at radius 3 is 2.52 bits per heavy atom. The van der Waals surface area contributed by atoms with Crippen LogP contribution in [-0.4, -0.2) is 16.7 Å². The highest BCUT2D eigenvalue weighted by Gasteiger charge is 2.17. The summed E-state index contributed by atoms with van der Waals surface area (Å²) in [4.78, 5) is 15.9. The number of anilines is 1. The summed E-state index contributed by atoms with van der Waals surface area (Å²) in [6.45, 7) is 7.40. The number of rotatable bonds is 2. The van der Waals surface area contributed by atoms with Gasteiger partial charge >= 0.3 is 6.09 Å². The van der Waals surface area contributed by atoms with Gasteiger partial charge in [-0.25, -0.2) is 4.79 Å². The van der Waals surface area contributed by atoms with Crippen LogP contribution in [0.1, 0.15) is 26.3 Å². The van der Waals surface area contributed by atoms with E-state index in [2.05, 4.69) is 16.5 Å². The highest BCUT2D eigenvalue weighted by Crippen LogP contribution is 2.27. The van der Waals surface area contributed by atoms with Gasteiger partial charge in [0.1, 0.15) is 5.60 Å². The molecule has 0 fully saturated rings. The summed E-state index contributed by atoms with van der Waals surface area (Å²) in [6.07, 6.45) is 4.06. The molecule has 109 valence electrons. The van der Waals surface area contributed by atoms with E-state index in [4.69, 9.17) is 4.74 Å². The molecule has 2 aromatic rings. The molecule has 0 aliphatic rings. The zero-order valence-electron chi connectivity index (χ0n) is 12.7. The number of ether oxygens (including phenoxy) is 1. The van der Waals surface area contributed by atoms with Crippen LogP contribution in [0.2, 0.25) is 0 Å². The third-order valence-electron chi connectivity index (χ3n) is 2.85. The summed E-state index contributed by atoms with van der Waals surface area (Å²) in [6, 6.07) is 9.83. The summed E-state index contributed by atoms with van der Waals surface area (Å²) < 4.78 is 5.25.